The second-order valence-electron chi connectivity index (χ2n) is 6.91. The van der Waals surface area contributed by atoms with Crippen molar-refractivity contribution < 1.29 is 4.74 Å². The second-order valence-corrected chi connectivity index (χ2v) is 6.91. The van der Waals surface area contributed by atoms with Crippen molar-refractivity contribution in [1.82, 2.24) is 4.90 Å². The first kappa shape index (κ1) is 14.5. The Kier molecular flexibility index (Phi) is 3.98. The van der Waals surface area contributed by atoms with Crippen LogP contribution in [0.2, 0.25) is 0 Å². The van der Waals surface area contributed by atoms with Crippen LogP contribution < -0.4 is 15.4 Å². The molecule has 2 aliphatic rings. The highest BCUT2D eigenvalue weighted by molar-refractivity contribution is 5.65. The lowest BCUT2D eigenvalue weighted by Gasteiger charge is -2.42. The summed E-state index contributed by atoms with van der Waals surface area (Å²) in [6.45, 7) is 9.92. The van der Waals surface area contributed by atoms with Crippen molar-refractivity contribution in [3.63, 3.8) is 0 Å². The first-order valence-electron chi connectivity index (χ1n) is 8.09. The van der Waals surface area contributed by atoms with Crippen LogP contribution in [0, 0.1) is 0 Å². The summed E-state index contributed by atoms with van der Waals surface area (Å²) in [5, 5.41) is 0. The van der Waals surface area contributed by atoms with Crippen LogP contribution in [0.4, 0.5) is 11.4 Å². The Bertz CT molecular complexity index is 495. The Hall–Kier alpha value is -1.42. The lowest BCUT2D eigenvalue weighted by atomic mass is 10.0. The van der Waals surface area contributed by atoms with Crippen molar-refractivity contribution in [1.29, 1.82) is 0 Å². The molecule has 2 heterocycles. The number of piperidine rings is 1. The molecular formula is C17H27N3O. The van der Waals surface area contributed by atoms with Crippen LogP contribution in [-0.4, -0.2) is 43.2 Å². The molecule has 2 aliphatic heterocycles. The average molecular weight is 289 g/mol. The molecule has 0 spiro atoms. The monoisotopic (exact) mass is 289 g/mol. The fourth-order valence-corrected chi connectivity index (χ4v) is 3.39. The first-order chi connectivity index (χ1) is 10.0. The number of hydrogen-bond acceptors (Lipinski definition) is 4. The normalized spacial score (nSPS) is 21.7. The van der Waals surface area contributed by atoms with Gasteiger partial charge in [-0.3, -0.25) is 0 Å². The number of hydrogen-bond donors (Lipinski definition) is 1. The first-order valence-corrected chi connectivity index (χ1v) is 8.09. The summed E-state index contributed by atoms with van der Waals surface area (Å²) in [5.41, 5.74) is 7.68. The molecule has 0 saturated carbocycles. The lowest BCUT2D eigenvalue weighted by molar-refractivity contribution is 0.103. The van der Waals surface area contributed by atoms with Gasteiger partial charge in [0.05, 0.1) is 12.2 Å². The predicted molar refractivity (Wildman–Crippen MR) is 88.1 cm³/mol. The van der Waals surface area contributed by atoms with Crippen molar-refractivity contribution in [2.24, 2.45) is 0 Å². The minimum Gasteiger partial charge on any atom is -0.484 e. The van der Waals surface area contributed by atoms with E-state index in [1.54, 1.807) is 0 Å². The van der Waals surface area contributed by atoms with Gasteiger partial charge in [-0.25, -0.2) is 0 Å². The Balaban J connectivity index is 1.72. The summed E-state index contributed by atoms with van der Waals surface area (Å²) in [4.78, 5) is 5.04. The molecule has 0 amide bonds. The van der Waals surface area contributed by atoms with E-state index >= 15 is 0 Å². The molecule has 3 rings (SSSR count). The number of nitrogen functional groups attached to an aromatic ring is 1. The Morgan fingerprint density at radius 3 is 2.67 bits per heavy atom. The molecule has 2 N–H and O–H groups in total. The fraction of sp³-hybridized carbons (Fsp3) is 0.647. The highest BCUT2D eigenvalue weighted by Gasteiger charge is 2.31. The zero-order valence-corrected chi connectivity index (χ0v) is 13.3. The zero-order chi connectivity index (χ0) is 14.9. The molecule has 0 bridgehead atoms. The number of anilines is 2. The molecule has 0 atom stereocenters. The second kappa shape index (κ2) is 5.76. The van der Waals surface area contributed by atoms with Crippen molar-refractivity contribution in [2.45, 2.75) is 38.7 Å². The van der Waals surface area contributed by atoms with E-state index in [9.17, 15) is 0 Å². The zero-order valence-electron chi connectivity index (χ0n) is 13.3. The van der Waals surface area contributed by atoms with Gasteiger partial charge < -0.3 is 20.3 Å². The van der Waals surface area contributed by atoms with Crippen LogP contribution in [0.5, 0.6) is 5.75 Å². The molecule has 1 fully saturated rings. The molecule has 0 radical (unpaired) electrons. The third-order valence-corrected chi connectivity index (χ3v) is 4.42. The van der Waals surface area contributed by atoms with Gasteiger partial charge in [-0.2, -0.15) is 0 Å². The minimum atomic E-state index is -0.164. The van der Waals surface area contributed by atoms with Gasteiger partial charge in [-0.1, -0.05) is 6.42 Å². The van der Waals surface area contributed by atoms with Crippen LogP contribution in [0.25, 0.3) is 0 Å². The molecule has 1 aromatic carbocycles. The summed E-state index contributed by atoms with van der Waals surface area (Å²) in [6.07, 6.45) is 4.09. The number of nitrogens with zero attached hydrogens (tertiary/aromatic N) is 2. The topological polar surface area (TPSA) is 41.7 Å². The van der Waals surface area contributed by atoms with Gasteiger partial charge in [0.1, 0.15) is 11.4 Å². The third-order valence-electron chi connectivity index (χ3n) is 4.42. The van der Waals surface area contributed by atoms with Crippen LogP contribution >= 0.6 is 0 Å². The van der Waals surface area contributed by atoms with Crippen LogP contribution in [0.1, 0.15) is 33.1 Å². The standard InChI is InChI=1S/C17H27N3O/c1-17(2)13-20(11-10-19-8-4-3-5-9-19)15-7-6-14(18)12-16(15)21-17/h6-7,12H,3-5,8-11,13,18H2,1-2H3. The van der Waals surface area contributed by atoms with E-state index in [1.807, 2.05) is 12.1 Å². The predicted octanol–water partition coefficient (Wildman–Crippen LogP) is 2.73. The van der Waals surface area contributed by atoms with Crippen molar-refractivity contribution in [3.8, 4) is 5.75 Å². The molecule has 0 aliphatic carbocycles. The van der Waals surface area contributed by atoms with Gasteiger partial charge in [-0.05, 0) is 51.9 Å². The maximum atomic E-state index is 6.09. The van der Waals surface area contributed by atoms with E-state index in [4.69, 9.17) is 10.5 Å². The maximum absolute atomic E-state index is 6.09. The molecule has 0 aromatic heterocycles. The van der Waals surface area contributed by atoms with Crippen LogP contribution in [0.15, 0.2) is 18.2 Å². The quantitative estimate of drug-likeness (QED) is 0.869. The largest absolute Gasteiger partial charge is 0.484 e. The van der Waals surface area contributed by atoms with E-state index < -0.39 is 0 Å². The summed E-state index contributed by atoms with van der Waals surface area (Å²) >= 11 is 0. The van der Waals surface area contributed by atoms with Crippen LogP contribution in [-0.2, 0) is 0 Å². The number of likely N-dealkylation sites (tertiary alicyclic amines) is 1. The van der Waals surface area contributed by atoms with E-state index in [1.165, 1.54) is 38.0 Å². The van der Waals surface area contributed by atoms with Gasteiger partial charge in [0.2, 0.25) is 0 Å². The Labute approximate surface area is 127 Å². The Morgan fingerprint density at radius 2 is 1.90 bits per heavy atom. The Morgan fingerprint density at radius 1 is 1.14 bits per heavy atom. The molecule has 116 valence electrons. The number of ether oxygens (including phenoxy) is 1. The molecule has 4 heteroatoms. The molecular weight excluding hydrogens is 262 g/mol. The molecule has 4 nitrogen and oxygen atoms in total. The van der Waals surface area contributed by atoms with Gasteiger partial charge in [0.15, 0.2) is 0 Å². The molecule has 1 saturated heterocycles. The summed E-state index contributed by atoms with van der Waals surface area (Å²) in [6, 6.07) is 6.01. The molecule has 0 unspecified atom stereocenters. The number of nitrogens with two attached hydrogens (primary N) is 1. The third kappa shape index (κ3) is 3.43. The summed E-state index contributed by atoms with van der Waals surface area (Å²) in [7, 11) is 0. The van der Waals surface area contributed by atoms with E-state index in [2.05, 4.69) is 29.7 Å². The van der Waals surface area contributed by atoms with Crippen molar-refractivity contribution in [2.75, 3.05) is 43.4 Å². The number of benzene rings is 1. The van der Waals surface area contributed by atoms with Crippen LogP contribution in [0.3, 0.4) is 0 Å². The maximum Gasteiger partial charge on any atom is 0.145 e. The number of rotatable bonds is 3. The highest BCUT2D eigenvalue weighted by Crippen LogP contribution is 2.38. The minimum absolute atomic E-state index is 0.164. The van der Waals surface area contributed by atoms with E-state index in [-0.39, 0.29) is 5.60 Å². The summed E-state index contributed by atoms with van der Waals surface area (Å²) < 4.78 is 6.09. The van der Waals surface area contributed by atoms with E-state index in [0.29, 0.717) is 0 Å². The SMILES string of the molecule is CC1(C)CN(CCN2CCCCC2)c2ccc(N)cc2O1. The van der Waals surface area contributed by atoms with Gasteiger partial charge in [0.25, 0.3) is 0 Å². The average Bonchev–Trinajstić information content (AvgIpc) is 2.44. The lowest BCUT2D eigenvalue weighted by Crippen LogP contribution is -2.49. The highest BCUT2D eigenvalue weighted by atomic mass is 16.5. The fourth-order valence-electron chi connectivity index (χ4n) is 3.39. The smallest absolute Gasteiger partial charge is 0.145 e. The molecule has 21 heavy (non-hydrogen) atoms. The molecule has 1 aromatic rings. The van der Waals surface area contributed by atoms with Crippen molar-refractivity contribution >= 4 is 11.4 Å². The summed E-state index contributed by atoms with van der Waals surface area (Å²) in [5.74, 6) is 0.921. The number of fused-ring (bicyclic) bond motifs is 1. The van der Waals surface area contributed by atoms with Gasteiger partial charge >= 0.3 is 0 Å². The van der Waals surface area contributed by atoms with E-state index in [0.717, 1.165) is 31.1 Å². The van der Waals surface area contributed by atoms with Gasteiger partial charge in [0, 0.05) is 24.8 Å². The van der Waals surface area contributed by atoms with Gasteiger partial charge in [-0.15, -0.1) is 0 Å². The van der Waals surface area contributed by atoms with Crippen molar-refractivity contribution in [3.05, 3.63) is 18.2 Å².